The van der Waals surface area contributed by atoms with Crippen LogP contribution in [-0.4, -0.2) is 0 Å². The largest absolute Gasteiger partial charge is 0.481 e. The number of benzene rings is 2. The Hall–Kier alpha value is -2.02. The molecule has 2 aromatic carbocycles. The molecule has 0 fully saturated rings. The summed E-state index contributed by atoms with van der Waals surface area (Å²) in [6.45, 7) is 2.09. The molecule has 0 amide bonds. The smallest absolute Gasteiger partial charge is 0.142 e. The van der Waals surface area contributed by atoms with Crippen LogP contribution < -0.4 is 4.74 Å². The van der Waals surface area contributed by atoms with Gasteiger partial charge in [0.2, 0.25) is 0 Å². The van der Waals surface area contributed by atoms with E-state index in [1.54, 1.807) is 0 Å². The van der Waals surface area contributed by atoms with Crippen molar-refractivity contribution in [3.63, 3.8) is 0 Å². The molecule has 1 heteroatoms. The minimum atomic E-state index is 0.0329. The van der Waals surface area contributed by atoms with Gasteiger partial charge >= 0.3 is 0 Å². The van der Waals surface area contributed by atoms with Crippen LogP contribution in [0.4, 0.5) is 0 Å². The normalized spacial score (nSPS) is 17.4. The Bertz CT molecular complexity index is 552. The number of hydrogen-bond donors (Lipinski definition) is 0. The van der Waals surface area contributed by atoms with Crippen LogP contribution in [0.15, 0.2) is 54.6 Å². The molecule has 3 rings (SSSR count). The highest BCUT2D eigenvalue weighted by Gasteiger charge is 2.15. The van der Waals surface area contributed by atoms with Gasteiger partial charge in [-0.3, -0.25) is 0 Å². The summed E-state index contributed by atoms with van der Waals surface area (Å²) in [6, 6.07) is 16.6. The lowest BCUT2D eigenvalue weighted by molar-refractivity contribution is 0.252. The first-order valence-corrected chi connectivity index (χ1v) is 5.83. The Morgan fingerprint density at radius 2 is 1.71 bits per heavy atom. The van der Waals surface area contributed by atoms with Gasteiger partial charge in [0.25, 0.3) is 0 Å². The maximum Gasteiger partial charge on any atom is 0.142 e. The van der Waals surface area contributed by atoms with Crippen LogP contribution in [0.2, 0.25) is 0 Å². The quantitative estimate of drug-likeness (QED) is 0.704. The fourth-order valence-electron chi connectivity index (χ4n) is 2.03. The third-order valence-electron chi connectivity index (χ3n) is 3.03. The van der Waals surface area contributed by atoms with Gasteiger partial charge in [-0.25, -0.2) is 0 Å². The van der Waals surface area contributed by atoms with Gasteiger partial charge in [-0.2, -0.15) is 0 Å². The molecule has 0 aliphatic carbocycles. The summed E-state index contributed by atoms with van der Waals surface area (Å²) in [5.74, 6) is 0.959. The number of rotatable bonds is 1. The zero-order valence-corrected chi connectivity index (χ0v) is 9.76. The molecule has 1 aliphatic rings. The van der Waals surface area contributed by atoms with Crippen molar-refractivity contribution in [2.75, 3.05) is 0 Å². The molecule has 0 saturated heterocycles. The fourth-order valence-corrected chi connectivity index (χ4v) is 2.03. The van der Waals surface area contributed by atoms with Crippen LogP contribution >= 0.6 is 0 Å². The average Bonchev–Trinajstić information content (AvgIpc) is 2.39. The Kier molecular flexibility index (Phi) is 2.45. The molecular formula is C16H14O. The number of aryl methyl sites for hydroxylation is 1. The van der Waals surface area contributed by atoms with Gasteiger partial charge in [0.05, 0.1) is 0 Å². The molecule has 0 radical (unpaired) electrons. The van der Waals surface area contributed by atoms with Crippen molar-refractivity contribution in [2.45, 2.75) is 13.0 Å². The second-order valence-electron chi connectivity index (χ2n) is 4.35. The highest BCUT2D eigenvalue weighted by atomic mass is 16.5. The van der Waals surface area contributed by atoms with E-state index >= 15 is 0 Å². The molecule has 17 heavy (non-hydrogen) atoms. The molecule has 1 aliphatic heterocycles. The third kappa shape index (κ3) is 1.96. The standard InChI is InChI=1S/C16H14O/c1-12-6-8-14(9-7-12)16-11-10-13-4-2-3-5-15(13)17-16/h2-11,16H,1H3/t16-/m1/s1. The molecule has 84 valence electrons. The second-order valence-corrected chi connectivity index (χ2v) is 4.35. The Labute approximate surface area is 101 Å². The summed E-state index contributed by atoms with van der Waals surface area (Å²) < 4.78 is 5.97. The predicted octanol–water partition coefficient (Wildman–Crippen LogP) is 4.14. The first-order chi connectivity index (χ1) is 8.33. The lowest BCUT2D eigenvalue weighted by Gasteiger charge is -2.21. The third-order valence-corrected chi connectivity index (χ3v) is 3.03. The maximum absolute atomic E-state index is 5.97. The van der Waals surface area contributed by atoms with Gasteiger partial charge in [0.15, 0.2) is 0 Å². The Morgan fingerprint density at radius 1 is 0.941 bits per heavy atom. The summed E-state index contributed by atoms with van der Waals surface area (Å²) >= 11 is 0. The average molecular weight is 222 g/mol. The monoisotopic (exact) mass is 222 g/mol. The molecule has 1 atom stereocenters. The topological polar surface area (TPSA) is 9.23 Å². The van der Waals surface area contributed by atoms with Gasteiger partial charge in [-0.15, -0.1) is 0 Å². The van der Waals surface area contributed by atoms with Crippen molar-refractivity contribution in [3.8, 4) is 5.75 Å². The van der Waals surface area contributed by atoms with Gasteiger partial charge in [-0.1, -0.05) is 54.1 Å². The minimum Gasteiger partial charge on any atom is -0.481 e. The summed E-state index contributed by atoms with van der Waals surface area (Å²) in [7, 11) is 0. The van der Waals surface area contributed by atoms with Crippen molar-refractivity contribution in [3.05, 3.63) is 71.3 Å². The van der Waals surface area contributed by atoms with Crippen LogP contribution in [0.5, 0.6) is 5.75 Å². The van der Waals surface area contributed by atoms with Crippen molar-refractivity contribution in [2.24, 2.45) is 0 Å². The van der Waals surface area contributed by atoms with Crippen LogP contribution in [0.25, 0.3) is 6.08 Å². The van der Waals surface area contributed by atoms with Crippen molar-refractivity contribution in [1.29, 1.82) is 0 Å². The summed E-state index contributed by atoms with van der Waals surface area (Å²) in [5.41, 5.74) is 3.62. The summed E-state index contributed by atoms with van der Waals surface area (Å²) in [5, 5.41) is 0. The van der Waals surface area contributed by atoms with Gasteiger partial charge < -0.3 is 4.74 Å². The Balaban J connectivity index is 1.92. The zero-order chi connectivity index (χ0) is 11.7. The van der Waals surface area contributed by atoms with E-state index in [0.29, 0.717) is 0 Å². The van der Waals surface area contributed by atoms with E-state index < -0.39 is 0 Å². The molecule has 0 spiro atoms. The number of hydrogen-bond acceptors (Lipinski definition) is 1. The molecule has 0 saturated carbocycles. The Morgan fingerprint density at radius 3 is 2.53 bits per heavy atom. The molecular weight excluding hydrogens is 208 g/mol. The van der Waals surface area contributed by atoms with E-state index in [0.717, 1.165) is 11.3 Å². The second kappa shape index (κ2) is 4.10. The summed E-state index contributed by atoms with van der Waals surface area (Å²) in [4.78, 5) is 0. The number of fused-ring (bicyclic) bond motifs is 1. The molecule has 0 bridgehead atoms. The highest BCUT2D eigenvalue weighted by molar-refractivity contribution is 5.60. The molecule has 0 N–H and O–H groups in total. The lowest BCUT2D eigenvalue weighted by Crippen LogP contribution is -2.08. The van der Waals surface area contributed by atoms with Crippen LogP contribution in [0.1, 0.15) is 22.8 Å². The van der Waals surface area contributed by atoms with Gasteiger partial charge in [0, 0.05) is 5.56 Å². The molecule has 1 heterocycles. The molecule has 2 aromatic rings. The van der Waals surface area contributed by atoms with Gasteiger partial charge in [0.1, 0.15) is 11.9 Å². The first-order valence-electron chi connectivity index (χ1n) is 5.83. The molecule has 0 aromatic heterocycles. The fraction of sp³-hybridized carbons (Fsp3) is 0.125. The van der Waals surface area contributed by atoms with Crippen LogP contribution in [0.3, 0.4) is 0 Å². The van der Waals surface area contributed by atoms with E-state index in [9.17, 15) is 0 Å². The molecule has 1 nitrogen and oxygen atoms in total. The van der Waals surface area contributed by atoms with Crippen LogP contribution in [0, 0.1) is 6.92 Å². The predicted molar refractivity (Wildman–Crippen MR) is 70.0 cm³/mol. The van der Waals surface area contributed by atoms with Crippen molar-refractivity contribution < 1.29 is 4.74 Å². The van der Waals surface area contributed by atoms with E-state index in [-0.39, 0.29) is 6.10 Å². The van der Waals surface area contributed by atoms with E-state index in [2.05, 4.69) is 49.4 Å². The molecule has 0 unspecified atom stereocenters. The first kappa shape index (κ1) is 10.2. The maximum atomic E-state index is 5.97. The number of para-hydroxylation sites is 1. The highest BCUT2D eigenvalue weighted by Crippen LogP contribution is 2.32. The van der Waals surface area contributed by atoms with Crippen molar-refractivity contribution >= 4 is 6.08 Å². The number of ether oxygens (including phenoxy) is 1. The summed E-state index contributed by atoms with van der Waals surface area (Å²) in [6.07, 6.45) is 4.27. The zero-order valence-electron chi connectivity index (χ0n) is 9.76. The van der Waals surface area contributed by atoms with Crippen LogP contribution in [-0.2, 0) is 0 Å². The lowest BCUT2D eigenvalue weighted by atomic mass is 10.0. The van der Waals surface area contributed by atoms with E-state index in [1.807, 2.05) is 18.2 Å². The van der Waals surface area contributed by atoms with Crippen molar-refractivity contribution in [1.82, 2.24) is 0 Å². The SMILES string of the molecule is Cc1ccc([C@H]2C=Cc3ccccc3O2)cc1. The van der Waals surface area contributed by atoms with E-state index in [4.69, 9.17) is 4.74 Å². The minimum absolute atomic E-state index is 0.0329. The van der Waals surface area contributed by atoms with E-state index in [1.165, 1.54) is 11.1 Å². The van der Waals surface area contributed by atoms with Gasteiger partial charge in [-0.05, 0) is 24.6 Å².